The zero-order valence-corrected chi connectivity index (χ0v) is 21.5. The third kappa shape index (κ3) is 17.2. The van der Waals surface area contributed by atoms with E-state index in [-0.39, 0.29) is 11.9 Å². The molecular formula is C26H41IO4. The first-order valence-electron chi connectivity index (χ1n) is 12.2. The zero-order chi connectivity index (χ0) is 22.6. The molecule has 0 saturated carbocycles. The Morgan fingerprint density at radius 1 is 0.677 bits per heavy atom. The van der Waals surface area contributed by atoms with Crippen LogP contribution in [0.2, 0.25) is 0 Å². The van der Waals surface area contributed by atoms with Crippen molar-refractivity contribution < 1.29 is 19.1 Å². The molecule has 31 heavy (non-hydrogen) atoms. The molecule has 0 fully saturated rings. The van der Waals surface area contributed by atoms with E-state index in [9.17, 15) is 9.59 Å². The summed E-state index contributed by atoms with van der Waals surface area (Å²) in [5, 5.41) is 0. The van der Waals surface area contributed by atoms with Crippen molar-refractivity contribution in [3.63, 3.8) is 0 Å². The van der Waals surface area contributed by atoms with Gasteiger partial charge < -0.3 is 9.47 Å². The second-order valence-electron chi connectivity index (χ2n) is 8.25. The number of esters is 2. The molecule has 1 rings (SSSR count). The van der Waals surface area contributed by atoms with Crippen LogP contribution in [-0.2, 0) is 25.7 Å². The minimum absolute atomic E-state index is 0.0538. The van der Waals surface area contributed by atoms with Gasteiger partial charge in [-0.1, -0.05) is 83.3 Å². The van der Waals surface area contributed by atoms with Crippen LogP contribution in [0.25, 0.3) is 0 Å². The largest absolute Gasteiger partial charge is 0.466 e. The first kappa shape index (κ1) is 27.9. The average Bonchev–Trinajstić information content (AvgIpc) is 2.77. The molecule has 1 aromatic carbocycles. The molecule has 0 aromatic heterocycles. The lowest BCUT2D eigenvalue weighted by atomic mass is 10.1. The highest BCUT2D eigenvalue weighted by molar-refractivity contribution is 14.1. The van der Waals surface area contributed by atoms with Crippen molar-refractivity contribution >= 4 is 34.5 Å². The van der Waals surface area contributed by atoms with Crippen LogP contribution in [0.1, 0.15) is 109 Å². The monoisotopic (exact) mass is 544 g/mol. The molecule has 0 atom stereocenters. The topological polar surface area (TPSA) is 52.6 Å². The SMILES string of the molecule is CCCCCCCCCOC(=O)CCCCCCCCC(=O)OCc1ccc(I)cc1. The highest BCUT2D eigenvalue weighted by Gasteiger charge is 2.05. The predicted octanol–water partition coefficient (Wildman–Crippen LogP) is 7.75. The maximum atomic E-state index is 11.8. The molecule has 0 aliphatic rings. The standard InChI is InChI=1S/C26H41IO4/c1-2-3-4-5-8-11-14-21-30-25(28)15-12-9-6-7-10-13-16-26(29)31-22-23-17-19-24(27)20-18-23/h17-20H,2-16,21-22H2,1H3. The average molecular weight is 545 g/mol. The second kappa shape index (κ2) is 19.6. The van der Waals surface area contributed by atoms with E-state index in [0.29, 0.717) is 26.1 Å². The normalized spacial score (nSPS) is 10.8. The van der Waals surface area contributed by atoms with Crippen LogP contribution in [-0.4, -0.2) is 18.5 Å². The van der Waals surface area contributed by atoms with Gasteiger partial charge in [0.2, 0.25) is 0 Å². The van der Waals surface area contributed by atoms with E-state index in [4.69, 9.17) is 9.47 Å². The summed E-state index contributed by atoms with van der Waals surface area (Å²) >= 11 is 2.26. The zero-order valence-electron chi connectivity index (χ0n) is 19.3. The van der Waals surface area contributed by atoms with Gasteiger partial charge in [-0.25, -0.2) is 0 Å². The van der Waals surface area contributed by atoms with E-state index in [1.165, 1.54) is 35.7 Å². The van der Waals surface area contributed by atoms with E-state index in [0.717, 1.165) is 56.9 Å². The van der Waals surface area contributed by atoms with Crippen LogP contribution in [0.3, 0.4) is 0 Å². The highest BCUT2D eigenvalue weighted by Crippen LogP contribution is 2.12. The summed E-state index contributed by atoms with van der Waals surface area (Å²) in [7, 11) is 0. The number of ether oxygens (including phenoxy) is 2. The minimum atomic E-state index is -0.123. The van der Waals surface area contributed by atoms with Crippen molar-refractivity contribution in [2.75, 3.05) is 6.61 Å². The Kier molecular flexibility index (Phi) is 17.6. The van der Waals surface area contributed by atoms with E-state index in [1.807, 2.05) is 24.3 Å². The van der Waals surface area contributed by atoms with Gasteiger partial charge in [0, 0.05) is 16.4 Å². The molecule has 0 aliphatic heterocycles. The van der Waals surface area contributed by atoms with Crippen LogP contribution >= 0.6 is 22.6 Å². The number of carbonyl (C=O) groups excluding carboxylic acids is 2. The summed E-state index contributed by atoms with van der Waals surface area (Å²) in [4.78, 5) is 23.5. The molecule has 0 saturated heterocycles. The molecule has 0 amide bonds. The fraction of sp³-hybridized carbons (Fsp3) is 0.692. The van der Waals surface area contributed by atoms with Crippen LogP contribution in [0.5, 0.6) is 0 Å². The minimum Gasteiger partial charge on any atom is -0.466 e. The number of carbonyl (C=O) groups is 2. The third-order valence-corrected chi connectivity index (χ3v) is 6.05. The van der Waals surface area contributed by atoms with Crippen molar-refractivity contribution in [1.29, 1.82) is 0 Å². The van der Waals surface area contributed by atoms with Crippen molar-refractivity contribution in [3.05, 3.63) is 33.4 Å². The van der Waals surface area contributed by atoms with Gasteiger partial charge in [0.25, 0.3) is 0 Å². The second-order valence-corrected chi connectivity index (χ2v) is 9.50. The Morgan fingerprint density at radius 3 is 1.74 bits per heavy atom. The van der Waals surface area contributed by atoms with E-state index in [1.54, 1.807) is 0 Å². The fourth-order valence-corrected chi connectivity index (χ4v) is 3.74. The lowest BCUT2D eigenvalue weighted by molar-refractivity contribution is -0.145. The van der Waals surface area contributed by atoms with Crippen LogP contribution in [0.4, 0.5) is 0 Å². The Bertz CT molecular complexity index is 586. The summed E-state index contributed by atoms with van der Waals surface area (Å²) < 4.78 is 11.8. The van der Waals surface area contributed by atoms with Crippen molar-refractivity contribution in [3.8, 4) is 0 Å². The maximum absolute atomic E-state index is 11.8. The maximum Gasteiger partial charge on any atom is 0.306 e. The summed E-state index contributed by atoms with van der Waals surface area (Å²) in [6.07, 6.45) is 15.7. The number of halogens is 1. The van der Waals surface area contributed by atoms with E-state index in [2.05, 4.69) is 29.5 Å². The van der Waals surface area contributed by atoms with Crippen LogP contribution in [0.15, 0.2) is 24.3 Å². The van der Waals surface area contributed by atoms with Gasteiger partial charge in [-0.05, 0) is 59.5 Å². The number of rotatable bonds is 19. The smallest absolute Gasteiger partial charge is 0.306 e. The lowest BCUT2D eigenvalue weighted by Gasteiger charge is -2.06. The predicted molar refractivity (Wildman–Crippen MR) is 135 cm³/mol. The highest BCUT2D eigenvalue weighted by atomic mass is 127. The quantitative estimate of drug-likeness (QED) is 0.102. The van der Waals surface area contributed by atoms with Crippen LogP contribution in [0, 0.1) is 3.57 Å². The first-order valence-corrected chi connectivity index (χ1v) is 13.3. The summed E-state index contributed by atoms with van der Waals surface area (Å²) in [5.41, 5.74) is 1.02. The molecule has 0 N–H and O–H groups in total. The van der Waals surface area contributed by atoms with Gasteiger partial charge in [0.1, 0.15) is 6.61 Å². The van der Waals surface area contributed by atoms with Gasteiger partial charge in [-0.3, -0.25) is 9.59 Å². The Balaban J connectivity index is 1.84. The molecule has 5 heteroatoms. The Labute approximate surface area is 203 Å². The van der Waals surface area contributed by atoms with Gasteiger partial charge in [0.15, 0.2) is 0 Å². The molecule has 1 aromatic rings. The molecular weight excluding hydrogens is 503 g/mol. The van der Waals surface area contributed by atoms with Crippen molar-refractivity contribution in [2.45, 2.75) is 110 Å². The molecule has 0 spiro atoms. The van der Waals surface area contributed by atoms with Crippen molar-refractivity contribution in [1.82, 2.24) is 0 Å². The number of unbranched alkanes of at least 4 members (excludes halogenated alkanes) is 11. The number of hydrogen-bond acceptors (Lipinski definition) is 4. The number of benzene rings is 1. The lowest BCUT2D eigenvalue weighted by Crippen LogP contribution is -2.05. The first-order chi connectivity index (χ1) is 15.1. The molecule has 0 radical (unpaired) electrons. The molecule has 176 valence electrons. The molecule has 0 bridgehead atoms. The summed E-state index contributed by atoms with van der Waals surface area (Å²) in [5.74, 6) is -0.177. The Morgan fingerprint density at radius 2 is 1.16 bits per heavy atom. The third-order valence-electron chi connectivity index (χ3n) is 5.34. The molecule has 0 aliphatic carbocycles. The summed E-state index contributed by atoms with van der Waals surface area (Å²) in [6.45, 7) is 3.16. The molecule has 0 heterocycles. The van der Waals surface area contributed by atoms with Gasteiger partial charge in [-0.15, -0.1) is 0 Å². The van der Waals surface area contributed by atoms with E-state index < -0.39 is 0 Å². The van der Waals surface area contributed by atoms with Gasteiger partial charge >= 0.3 is 11.9 Å². The molecule has 4 nitrogen and oxygen atoms in total. The Hall–Kier alpha value is -1.11. The van der Waals surface area contributed by atoms with E-state index >= 15 is 0 Å². The molecule has 0 unspecified atom stereocenters. The van der Waals surface area contributed by atoms with Gasteiger partial charge in [0.05, 0.1) is 6.61 Å². The number of hydrogen-bond donors (Lipinski definition) is 0. The van der Waals surface area contributed by atoms with Crippen molar-refractivity contribution in [2.24, 2.45) is 0 Å². The van der Waals surface area contributed by atoms with Crippen LogP contribution < -0.4 is 0 Å². The fourth-order valence-electron chi connectivity index (χ4n) is 3.38. The summed E-state index contributed by atoms with van der Waals surface area (Å²) in [6, 6.07) is 8.00. The van der Waals surface area contributed by atoms with Gasteiger partial charge in [-0.2, -0.15) is 0 Å².